The van der Waals surface area contributed by atoms with Gasteiger partial charge in [-0.3, -0.25) is 14.7 Å². The quantitative estimate of drug-likeness (QED) is 0.832. The van der Waals surface area contributed by atoms with Crippen LogP contribution in [0.1, 0.15) is 36.3 Å². The van der Waals surface area contributed by atoms with E-state index in [1.165, 1.54) is 19.2 Å². The highest BCUT2D eigenvalue weighted by atomic mass is 16.5. The monoisotopic (exact) mass is 345 g/mol. The molecular formula is C17H23N5O3. The van der Waals surface area contributed by atoms with Gasteiger partial charge in [0.2, 0.25) is 11.7 Å². The van der Waals surface area contributed by atoms with E-state index in [4.69, 9.17) is 4.74 Å². The van der Waals surface area contributed by atoms with Crippen LogP contribution in [0.5, 0.6) is 0 Å². The fraction of sp³-hybridized carbons (Fsp3) is 0.765. The Balaban J connectivity index is 1.31. The van der Waals surface area contributed by atoms with Gasteiger partial charge >= 0.3 is 0 Å². The molecule has 25 heavy (non-hydrogen) atoms. The van der Waals surface area contributed by atoms with Gasteiger partial charge < -0.3 is 14.5 Å². The van der Waals surface area contributed by atoms with Gasteiger partial charge in [0, 0.05) is 37.7 Å². The summed E-state index contributed by atoms with van der Waals surface area (Å²) in [4.78, 5) is 33.4. The van der Waals surface area contributed by atoms with Gasteiger partial charge in [0.1, 0.15) is 6.33 Å². The number of aromatic amines is 1. The van der Waals surface area contributed by atoms with Crippen molar-refractivity contribution in [2.45, 2.75) is 31.7 Å². The fourth-order valence-electron chi connectivity index (χ4n) is 5.25. The number of nitrogens with one attached hydrogen (secondary N) is 1. The number of piperidine rings is 1. The molecule has 0 unspecified atom stereocenters. The Morgan fingerprint density at radius 1 is 1.32 bits per heavy atom. The average Bonchev–Trinajstić information content (AvgIpc) is 3.35. The van der Waals surface area contributed by atoms with Crippen LogP contribution < -0.4 is 0 Å². The van der Waals surface area contributed by atoms with Crippen molar-refractivity contribution in [2.75, 3.05) is 32.8 Å². The second-order valence-corrected chi connectivity index (χ2v) is 8.06. The van der Waals surface area contributed by atoms with Crippen molar-refractivity contribution in [1.29, 1.82) is 0 Å². The maximum atomic E-state index is 13.2. The molecule has 4 heterocycles. The van der Waals surface area contributed by atoms with Crippen LogP contribution in [0.25, 0.3) is 0 Å². The molecule has 3 atom stereocenters. The van der Waals surface area contributed by atoms with E-state index in [1.54, 1.807) is 4.90 Å². The number of hydrogen-bond acceptors (Lipinski definition) is 5. The van der Waals surface area contributed by atoms with E-state index in [0.717, 1.165) is 19.4 Å². The highest BCUT2D eigenvalue weighted by molar-refractivity contribution is 5.91. The minimum Gasteiger partial charge on any atom is -0.381 e. The molecule has 2 bridgehead atoms. The number of hydrogen-bond donors (Lipinski definition) is 1. The highest BCUT2D eigenvalue weighted by Gasteiger charge is 2.56. The van der Waals surface area contributed by atoms with Gasteiger partial charge in [0.05, 0.1) is 12.5 Å². The summed E-state index contributed by atoms with van der Waals surface area (Å²) in [7, 11) is 0. The van der Waals surface area contributed by atoms with Crippen molar-refractivity contribution in [3.8, 4) is 0 Å². The first kappa shape index (κ1) is 15.3. The summed E-state index contributed by atoms with van der Waals surface area (Å²) in [6.45, 7) is 3.27. The normalized spacial score (nSPS) is 32.9. The third-order valence-corrected chi connectivity index (χ3v) is 6.67. The number of carbonyl (C=O) groups excluding carboxylic acids is 2. The fourth-order valence-corrected chi connectivity index (χ4v) is 5.25. The van der Waals surface area contributed by atoms with Gasteiger partial charge in [-0.2, -0.15) is 5.10 Å². The lowest BCUT2D eigenvalue weighted by atomic mass is 9.65. The maximum absolute atomic E-state index is 13.2. The van der Waals surface area contributed by atoms with E-state index in [1.807, 2.05) is 0 Å². The van der Waals surface area contributed by atoms with E-state index in [0.29, 0.717) is 38.3 Å². The summed E-state index contributed by atoms with van der Waals surface area (Å²) in [6, 6.07) is 0.434. The summed E-state index contributed by atoms with van der Waals surface area (Å²) in [5.74, 6) is 0.945. The first-order valence-corrected chi connectivity index (χ1v) is 9.19. The summed E-state index contributed by atoms with van der Waals surface area (Å²) in [5.41, 5.74) is -0.132. The van der Waals surface area contributed by atoms with Gasteiger partial charge in [-0.15, -0.1) is 0 Å². The zero-order valence-electron chi connectivity index (χ0n) is 14.2. The minimum absolute atomic E-state index is 0.126. The molecule has 4 fully saturated rings. The number of H-pyrrole nitrogens is 1. The van der Waals surface area contributed by atoms with E-state index in [-0.39, 0.29) is 29.0 Å². The predicted octanol–water partition coefficient (Wildman–Crippen LogP) is 0.294. The first-order chi connectivity index (χ1) is 12.2. The molecule has 1 aliphatic carbocycles. The Hall–Kier alpha value is -1.96. The third-order valence-electron chi connectivity index (χ3n) is 6.67. The number of likely N-dealkylation sites (tertiary alicyclic amines) is 2. The highest BCUT2D eigenvalue weighted by Crippen LogP contribution is 2.47. The van der Waals surface area contributed by atoms with Crippen molar-refractivity contribution in [2.24, 2.45) is 17.3 Å². The van der Waals surface area contributed by atoms with Crippen molar-refractivity contribution >= 4 is 11.8 Å². The molecule has 0 radical (unpaired) electrons. The van der Waals surface area contributed by atoms with E-state index < -0.39 is 0 Å². The molecule has 4 aliphatic rings. The van der Waals surface area contributed by atoms with Crippen molar-refractivity contribution in [3.63, 3.8) is 0 Å². The van der Waals surface area contributed by atoms with Gasteiger partial charge in [0.15, 0.2) is 0 Å². The summed E-state index contributed by atoms with van der Waals surface area (Å²) < 4.78 is 5.66. The second-order valence-electron chi connectivity index (χ2n) is 8.06. The van der Waals surface area contributed by atoms with Crippen LogP contribution in [0.2, 0.25) is 0 Å². The maximum Gasteiger partial charge on any atom is 0.291 e. The van der Waals surface area contributed by atoms with Gasteiger partial charge in [0.25, 0.3) is 5.91 Å². The molecule has 0 aromatic carbocycles. The molecule has 1 aromatic rings. The lowest BCUT2D eigenvalue weighted by Gasteiger charge is -2.55. The van der Waals surface area contributed by atoms with Crippen LogP contribution in [-0.4, -0.2) is 75.7 Å². The van der Waals surface area contributed by atoms with Gasteiger partial charge in [-0.05, 0) is 31.6 Å². The van der Waals surface area contributed by atoms with Crippen LogP contribution in [0.15, 0.2) is 6.33 Å². The third kappa shape index (κ3) is 2.30. The second kappa shape index (κ2) is 5.52. The largest absolute Gasteiger partial charge is 0.381 e. The zero-order chi connectivity index (χ0) is 17.0. The lowest BCUT2D eigenvalue weighted by Crippen LogP contribution is -2.67. The van der Waals surface area contributed by atoms with Crippen molar-refractivity contribution < 1.29 is 14.3 Å². The molecule has 3 aliphatic heterocycles. The Bertz CT molecular complexity index is 684. The van der Waals surface area contributed by atoms with Crippen LogP contribution in [0.4, 0.5) is 0 Å². The smallest absolute Gasteiger partial charge is 0.291 e. The first-order valence-electron chi connectivity index (χ1n) is 9.19. The summed E-state index contributed by atoms with van der Waals surface area (Å²) in [6.07, 6.45) is 5.76. The van der Waals surface area contributed by atoms with Crippen LogP contribution in [0.3, 0.4) is 0 Å². The minimum atomic E-state index is -0.138. The molecule has 2 amide bonds. The predicted molar refractivity (Wildman–Crippen MR) is 86.5 cm³/mol. The Kier molecular flexibility index (Phi) is 3.38. The lowest BCUT2D eigenvalue weighted by molar-refractivity contribution is -0.163. The molecule has 1 spiro atoms. The molecule has 1 aromatic heterocycles. The van der Waals surface area contributed by atoms with Gasteiger partial charge in [-0.1, -0.05) is 0 Å². The number of rotatable bonds is 2. The molecule has 1 N–H and O–H groups in total. The van der Waals surface area contributed by atoms with Gasteiger partial charge in [-0.25, -0.2) is 4.98 Å². The van der Waals surface area contributed by atoms with Crippen LogP contribution in [-0.2, 0) is 9.53 Å². The summed E-state index contributed by atoms with van der Waals surface area (Å²) in [5, 5.41) is 6.36. The number of ether oxygens (including phenoxy) is 1. The number of carbonyl (C=O) groups is 2. The topological polar surface area (TPSA) is 91.4 Å². The Morgan fingerprint density at radius 3 is 2.88 bits per heavy atom. The Morgan fingerprint density at radius 2 is 2.20 bits per heavy atom. The number of nitrogens with zero attached hydrogens (tertiary/aromatic N) is 4. The van der Waals surface area contributed by atoms with Crippen molar-refractivity contribution in [3.05, 3.63) is 12.2 Å². The van der Waals surface area contributed by atoms with E-state index >= 15 is 0 Å². The molecule has 8 nitrogen and oxygen atoms in total. The van der Waals surface area contributed by atoms with Crippen LogP contribution >= 0.6 is 0 Å². The average molecular weight is 345 g/mol. The molecule has 1 saturated carbocycles. The Labute approximate surface area is 145 Å². The molecule has 5 rings (SSSR count). The molecule has 3 saturated heterocycles. The number of aromatic nitrogens is 3. The van der Waals surface area contributed by atoms with E-state index in [2.05, 4.69) is 20.1 Å². The summed E-state index contributed by atoms with van der Waals surface area (Å²) >= 11 is 0. The standard InChI is InChI=1S/C17H23N5O3/c23-15(22-6-11-1-2-12(22)5-11)13-7-25-4-3-17(13)8-21(9-17)16(24)14-18-10-19-20-14/h10-13H,1-9H2,(H,18,19,20)/t11-,12-,13-/m0/s1. The SMILES string of the molecule is O=C(c1ncn[nH]1)N1CC2(CCOC[C@H]2C(=O)N2C[C@H]3CC[C@H]2C3)C1. The number of amides is 2. The zero-order valence-corrected chi connectivity index (χ0v) is 14.2. The molecular weight excluding hydrogens is 322 g/mol. The number of fused-ring (bicyclic) bond motifs is 2. The van der Waals surface area contributed by atoms with Crippen molar-refractivity contribution in [1.82, 2.24) is 25.0 Å². The van der Waals surface area contributed by atoms with Crippen LogP contribution in [0, 0.1) is 17.3 Å². The molecule has 8 heteroatoms. The molecule has 134 valence electrons. The van der Waals surface area contributed by atoms with E-state index in [9.17, 15) is 9.59 Å².